The molecule has 0 aliphatic carbocycles. The highest BCUT2D eigenvalue weighted by atomic mass is 32.2. The van der Waals surface area contributed by atoms with Crippen LogP contribution in [0.25, 0.3) is 6.08 Å². The molecule has 0 bridgehead atoms. The Morgan fingerprint density at radius 2 is 1.92 bits per heavy atom. The zero-order valence-corrected chi connectivity index (χ0v) is 16.9. The monoisotopic (exact) mass is 379 g/mol. The van der Waals surface area contributed by atoms with Crippen LogP contribution in [0.4, 0.5) is 0 Å². The fraction of sp³-hybridized carbons (Fsp3) is 0.550. The summed E-state index contributed by atoms with van der Waals surface area (Å²) in [6.45, 7) is 7.25. The number of carbonyl (C=O) groups is 1. The molecule has 1 fully saturated rings. The van der Waals surface area contributed by atoms with E-state index in [1.807, 2.05) is 12.1 Å². The number of carbonyl (C=O) groups excluding carboxylic acids is 1. The van der Waals surface area contributed by atoms with Crippen molar-refractivity contribution in [2.24, 2.45) is 0 Å². The first-order valence-corrected chi connectivity index (χ1v) is 10.7. The summed E-state index contributed by atoms with van der Waals surface area (Å²) < 4.78 is 28.6. The largest absolute Gasteiger partial charge is 0.383 e. The second-order valence-corrected chi connectivity index (χ2v) is 10.0. The van der Waals surface area contributed by atoms with Crippen molar-refractivity contribution >= 4 is 21.8 Å². The zero-order chi connectivity index (χ0) is 19.4. The summed E-state index contributed by atoms with van der Waals surface area (Å²) in [4.78, 5) is 14.3. The SMILES string of the molecule is COCCN(C(=O)/C=C/c1ccc(C(C)(C)C)cc1)C1CCS(=O)(=O)C1. The molecule has 0 radical (unpaired) electrons. The highest BCUT2D eigenvalue weighted by molar-refractivity contribution is 7.91. The van der Waals surface area contributed by atoms with E-state index in [4.69, 9.17) is 4.74 Å². The highest BCUT2D eigenvalue weighted by Crippen LogP contribution is 2.23. The second kappa shape index (κ2) is 8.35. The molecule has 0 saturated carbocycles. The number of methoxy groups -OCH3 is 1. The fourth-order valence-corrected chi connectivity index (χ4v) is 4.77. The Morgan fingerprint density at radius 3 is 2.42 bits per heavy atom. The Labute approximate surface area is 157 Å². The Kier molecular flexibility index (Phi) is 6.64. The minimum Gasteiger partial charge on any atom is -0.383 e. The minimum absolute atomic E-state index is 0.0383. The smallest absolute Gasteiger partial charge is 0.246 e. The van der Waals surface area contributed by atoms with Gasteiger partial charge in [-0.1, -0.05) is 45.0 Å². The van der Waals surface area contributed by atoms with Crippen molar-refractivity contribution in [2.75, 3.05) is 31.8 Å². The third kappa shape index (κ3) is 5.68. The summed E-state index contributed by atoms with van der Waals surface area (Å²) >= 11 is 0. The molecule has 1 aliphatic heterocycles. The normalized spacial score (nSPS) is 19.8. The van der Waals surface area contributed by atoms with E-state index in [9.17, 15) is 13.2 Å². The Balaban J connectivity index is 2.09. The second-order valence-electron chi connectivity index (χ2n) is 7.79. The summed E-state index contributed by atoms with van der Waals surface area (Å²) in [6.07, 6.45) is 3.79. The molecular formula is C20H29NO4S. The van der Waals surface area contributed by atoms with Gasteiger partial charge in [0.25, 0.3) is 0 Å². The number of nitrogens with zero attached hydrogens (tertiary/aromatic N) is 1. The average molecular weight is 380 g/mol. The number of rotatable bonds is 6. The van der Waals surface area contributed by atoms with E-state index in [1.54, 1.807) is 18.1 Å². The van der Waals surface area contributed by atoms with Gasteiger partial charge in [0.05, 0.1) is 18.1 Å². The maximum Gasteiger partial charge on any atom is 0.246 e. The van der Waals surface area contributed by atoms with Crippen LogP contribution in [-0.4, -0.2) is 57.0 Å². The van der Waals surface area contributed by atoms with Gasteiger partial charge in [-0.25, -0.2) is 8.42 Å². The molecule has 1 aromatic carbocycles. The number of sulfone groups is 1. The molecule has 1 heterocycles. The topological polar surface area (TPSA) is 63.7 Å². The van der Waals surface area contributed by atoms with E-state index in [0.29, 0.717) is 19.6 Å². The molecule has 2 rings (SSSR count). The molecule has 6 heteroatoms. The number of amides is 1. The van der Waals surface area contributed by atoms with Crippen molar-refractivity contribution in [1.82, 2.24) is 4.90 Å². The lowest BCUT2D eigenvalue weighted by Gasteiger charge is -2.26. The van der Waals surface area contributed by atoms with Crippen LogP contribution in [0.1, 0.15) is 38.3 Å². The molecule has 1 amide bonds. The molecule has 5 nitrogen and oxygen atoms in total. The van der Waals surface area contributed by atoms with Crippen LogP contribution < -0.4 is 0 Å². The van der Waals surface area contributed by atoms with Crippen molar-refractivity contribution in [1.29, 1.82) is 0 Å². The van der Waals surface area contributed by atoms with Crippen LogP contribution in [0, 0.1) is 0 Å². The predicted octanol–water partition coefficient (Wildman–Crippen LogP) is 2.66. The van der Waals surface area contributed by atoms with Gasteiger partial charge >= 0.3 is 0 Å². The first-order valence-electron chi connectivity index (χ1n) is 8.91. The van der Waals surface area contributed by atoms with Crippen LogP contribution >= 0.6 is 0 Å². The molecular weight excluding hydrogens is 350 g/mol. The first-order chi connectivity index (χ1) is 12.1. The molecule has 0 spiro atoms. The van der Waals surface area contributed by atoms with Crippen molar-refractivity contribution in [3.8, 4) is 0 Å². The van der Waals surface area contributed by atoms with Crippen LogP contribution in [0.3, 0.4) is 0 Å². The molecule has 26 heavy (non-hydrogen) atoms. The van der Waals surface area contributed by atoms with E-state index in [0.717, 1.165) is 5.56 Å². The molecule has 1 aliphatic rings. The standard InChI is InChI=1S/C20H29NO4S/c1-20(2,3)17-8-5-16(6-9-17)7-10-19(22)21(12-13-25-4)18-11-14-26(23,24)15-18/h5-10,18H,11-15H2,1-4H3/b10-7+. The number of benzene rings is 1. The molecule has 144 valence electrons. The van der Waals surface area contributed by atoms with Gasteiger partial charge in [0.15, 0.2) is 9.84 Å². The summed E-state index contributed by atoms with van der Waals surface area (Å²) in [7, 11) is -1.47. The summed E-state index contributed by atoms with van der Waals surface area (Å²) in [6, 6.07) is 7.84. The van der Waals surface area contributed by atoms with Gasteiger partial charge in [-0.3, -0.25) is 4.79 Å². The highest BCUT2D eigenvalue weighted by Gasteiger charge is 2.33. The van der Waals surface area contributed by atoms with Crippen molar-refractivity contribution in [3.63, 3.8) is 0 Å². The lowest BCUT2D eigenvalue weighted by molar-refractivity contribution is -0.128. The van der Waals surface area contributed by atoms with Crippen molar-refractivity contribution in [3.05, 3.63) is 41.5 Å². The summed E-state index contributed by atoms with van der Waals surface area (Å²) in [5.74, 6) is 0.00671. The summed E-state index contributed by atoms with van der Waals surface area (Å²) in [5.41, 5.74) is 2.26. The van der Waals surface area contributed by atoms with E-state index in [2.05, 4.69) is 32.9 Å². The minimum atomic E-state index is -3.04. The van der Waals surface area contributed by atoms with Crippen molar-refractivity contribution < 1.29 is 17.9 Å². The van der Waals surface area contributed by atoms with Crippen LogP contribution in [0.5, 0.6) is 0 Å². The molecule has 1 saturated heterocycles. The van der Waals surface area contributed by atoms with Crippen LogP contribution in [0.2, 0.25) is 0 Å². The van der Waals surface area contributed by atoms with E-state index in [-0.39, 0.29) is 28.9 Å². The molecule has 1 atom stereocenters. The molecule has 0 N–H and O–H groups in total. The third-order valence-electron chi connectivity index (χ3n) is 4.66. The Bertz CT molecular complexity index is 745. The van der Waals surface area contributed by atoms with Crippen LogP contribution in [-0.2, 0) is 24.8 Å². The number of hydrogen-bond acceptors (Lipinski definition) is 4. The maximum absolute atomic E-state index is 12.6. The van der Waals surface area contributed by atoms with Gasteiger partial charge in [0.2, 0.25) is 5.91 Å². The fourth-order valence-electron chi connectivity index (χ4n) is 3.04. The van der Waals surface area contributed by atoms with Gasteiger partial charge in [-0.05, 0) is 29.0 Å². The molecule has 1 unspecified atom stereocenters. The Hall–Kier alpha value is -1.66. The van der Waals surface area contributed by atoms with Crippen molar-refractivity contribution in [2.45, 2.75) is 38.6 Å². The molecule has 1 aromatic rings. The number of ether oxygens (including phenoxy) is 1. The van der Waals surface area contributed by atoms with Gasteiger partial charge in [-0.2, -0.15) is 0 Å². The van der Waals surface area contributed by atoms with E-state index >= 15 is 0 Å². The summed E-state index contributed by atoms with van der Waals surface area (Å²) in [5, 5.41) is 0. The lowest BCUT2D eigenvalue weighted by Crippen LogP contribution is -2.42. The maximum atomic E-state index is 12.6. The van der Waals surface area contributed by atoms with Gasteiger partial charge in [0.1, 0.15) is 0 Å². The number of hydrogen-bond donors (Lipinski definition) is 0. The van der Waals surface area contributed by atoms with E-state index < -0.39 is 9.84 Å². The van der Waals surface area contributed by atoms with E-state index in [1.165, 1.54) is 11.6 Å². The van der Waals surface area contributed by atoms with Gasteiger partial charge in [0, 0.05) is 25.8 Å². The lowest BCUT2D eigenvalue weighted by atomic mass is 9.87. The first kappa shape index (κ1) is 20.6. The quantitative estimate of drug-likeness (QED) is 0.713. The molecule has 0 aromatic heterocycles. The Morgan fingerprint density at radius 1 is 1.27 bits per heavy atom. The zero-order valence-electron chi connectivity index (χ0n) is 16.1. The third-order valence-corrected chi connectivity index (χ3v) is 6.41. The van der Waals surface area contributed by atoms with Gasteiger partial charge < -0.3 is 9.64 Å². The average Bonchev–Trinajstić information content (AvgIpc) is 2.92. The van der Waals surface area contributed by atoms with Crippen LogP contribution in [0.15, 0.2) is 30.3 Å². The predicted molar refractivity (Wildman–Crippen MR) is 105 cm³/mol. The van der Waals surface area contributed by atoms with Gasteiger partial charge in [-0.15, -0.1) is 0 Å².